The normalized spacial score (nSPS) is 12.8. The van der Waals surface area contributed by atoms with Crippen LogP contribution in [0.5, 0.6) is 0 Å². The van der Waals surface area contributed by atoms with Crippen LogP contribution >= 0.6 is 0 Å². The quantitative estimate of drug-likeness (QED) is 0.737. The Morgan fingerprint density at radius 1 is 1.29 bits per heavy atom. The van der Waals surface area contributed by atoms with E-state index in [4.69, 9.17) is 10.2 Å². The zero-order valence-corrected chi connectivity index (χ0v) is 10.9. The van der Waals surface area contributed by atoms with Crippen LogP contribution in [0, 0.1) is 0 Å². The molecular weight excluding hydrogens is 291 g/mol. The lowest BCUT2D eigenvalue weighted by molar-refractivity contribution is -0.147. The minimum Gasteiger partial charge on any atom is -0.479 e. The molecule has 21 heavy (non-hydrogen) atoms. The number of hydrogen-bond donors (Lipinski definition) is 3. The van der Waals surface area contributed by atoms with Gasteiger partial charge >= 0.3 is 12.1 Å². The van der Waals surface area contributed by atoms with Gasteiger partial charge < -0.3 is 15.5 Å². The van der Waals surface area contributed by atoms with Gasteiger partial charge in [-0.2, -0.15) is 13.2 Å². The summed E-state index contributed by atoms with van der Waals surface area (Å²) in [4.78, 5) is 21.8. The van der Waals surface area contributed by atoms with E-state index in [-0.39, 0.29) is 24.9 Å². The van der Waals surface area contributed by atoms with Crippen LogP contribution in [0.3, 0.4) is 0 Å². The second kappa shape index (κ2) is 7.07. The molecule has 1 amide bonds. The molecule has 0 aliphatic rings. The van der Waals surface area contributed by atoms with Gasteiger partial charge in [-0.05, 0) is 11.6 Å². The molecule has 1 aromatic rings. The van der Waals surface area contributed by atoms with Crippen LogP contribution < -0.4 is 5.32 Å². The zero-order chi connectivity index (χ0) is 16.0. The highest BCUT2D eigenvalue weighted by Gasteiger charge is 2.30. The molecule has 1 rings (SSSR count). The molecule has 116 valence electrons. The van der Waals surface area contributed by atoms with Crippen molar-refractivity contribution >= 4 is 11.9 Å². The first-order chi connectivity index (χ1) is 9.70. The fraction of sp³-hybridized carbons (Fsp3) is 0.385. The molecule has 0 saturated heterocycles. The van der Waals surface area contributed by atoms with Crippen LogP contribution in [0.2, 0.25) is 0 Å². The Balaban J connectivity index is 2.50. The average molecular weight is 305 g/mol. The molecule has 1 unspecified atom stereocenters. The number of carbonyl (C=O) groups is 2. The van der Waals surface area contributed by atoms with E-state index in [9.17, 15) is 22.8 Å². The number of nitrogens with one attached hydrogen (secondary N) is 1. The number of carbonyl (C=O) groups excluding carboxylic acids is 1. The summed E-state index contributed by atoms with van der Waals surface area (Å²) in [5.41, 5.74) is -0.643. The van der Waals surface area contributed by atoms with Crippen LogP contribution in [0.15, 0.2) is 24.3 Å². The highest BCUT2D eigenvalue weighted by atomic mass is 19.4. The van der Waals surface area contributed by atoms with Crippen molar-refractivity contribution in [3.05, 3.63) is 35.4 Å². The molecule has 0 fully saturated rings. The van der Waals surface area contributed by atoms with E-state index in [1.54, 1.807) is 0 Å². The number of benzene rings is 1. The zero-order valence-electron chi connectivity index (χ0n) is 10.9. The number of carboxylic acids is 1. The van der Waals surface area contributed by atoms with Gasteiger partial charge in [0.2, 0.25) is 5.91 Å². The van der Waals surface area contributed by atoms with Crippen LogP contribution in [-0.2, 0) is 22.2 Å². The van der Waals surface area contributed by atoms with E-state index >= 15 is 0 Å². The standard InChI is InChI=1S/C13H14F3NO4/c14-13(15,16)9-3-1-2-8(6-9)7-11(19)17-5-4-10(18)12(20)21/h1-3,6,10,18H,4-5,7H2,(H,17,19)(H,20,21). The lowest BCUT2D eigenvalue weighted by atomic mass is 10.1. The molecule has 0 heterocycles. The van der Waals surface area contributed by atoms with Crippen molar-refractivity contribution in [2.75, 3.05) is 6.54 Å². The summed E-state index contributed by atoms with van der Waals surface area (Å²) in [6, 6.07) is 4.39. The van der Waals surface area contributed by atoms with E-state index in [2.05, 4.69) is 5.32 Å². The van der Waals surface area contributed by atoms with Crippen molar-refractivity contribution in [3.8, 4) is 0 Å². The number of hydrogen-bond acceptors (Lipinski definition) is 3. The van der Waals surface area contributed by atoms with Gasteiger partial charge in [0.1, 0.15) is 0 Å². The number of aliphatic hydroxyl groups excluding tert-OH is 1. The first-order valence-corrected chi connectivity index (χ1v) is 6.04. The number of aliphatic carboxylic acids is 1. The van der Waals surface area contributed by atoms with Crippen molar-refractivity contribution in [1.82, 2.24) is 5.32 Å². The number of aliphatic hydroxyl groups is 1. The van der Waals surface area contributed by atoms with Crippen molar-refractivity contribution in [2.45, 2.75) is 25.1 Å². The SMILES string of the molecule is O=C(Cc1cccc(C(F)(F)F)c1)NCCC(O)C(=O)O. The molecule has 0 saturated carbocycles. The summed E-state index contributed by atoms with van der Waals surface area (Å²) in [7, 11) is 0. The average Bonchev–Trinajstić information content (AvgIpc) is 2.37. The maximum atomic E-state index is 12.5. The summed E-state index contributed by atoms with van der Waals surface area (Å²) in [5, 5.41) is 19.7. The molecule has 0 aromatic heterocycles. The Kier molecular flexibility index (Phi) is 5.71. The number of rotatable bonds is 6. The molecule has 5 nitrogen and oxygen atoms in total. The van der Waals surface area contributed by atoms with E-state index in [1.165, 1.54) is 12.1 Å². The van der Waals surface area contributed by atoms with E-state index in [1.807, 2.05) is 0 Å². The lowest BCUT2D eigenvalue weighted by Crippen LogP contribution is -2.31. The third-order valence-corrected chi connectivity index (χ3v) is 2.64. The van der Waals surface area contributed by atoms with Crippen molar-refractivity contribution in [2.24, 2.45) is 0 Å². The van der Waals surface area contributed by atoms with Gasteiger partial charge in [0.15, 0.2) is 6.10 Å². The molecule has 0 bridgehead atoms. The number of amides is 1. The molecular formula is C13H14F3NO4. The maximum absolute atomic E-state index is 12.5. The van der Waals surface area contributed by atoms with Crippen LogP contribution in [-0.4, -0.2) is 34.7 Å². The summed E-state index contributed by atoms with van der Waals surface area (Å²) in [5.74, 6) is -1.95. The minimum atomic E-state index is -4.47. The smallest absolute Gasteiger partial charge is 0.416 e. The van der Waals surface area contributed by atoms with Gasteiger partial charge in [-0.25, -0.2) is 4.79 Å². The van der Waals surface area contributed by atoms with Gasteiger partial charge in [-0.1, -0.05) is 18.2 Å². The predicted octanol–water partition coefficient (Wildman–Crippen LogP) is 1.20. The number of halogens is 3. The molecule has 0 spiro atoms. The largest absolute Gasteiger partial charge is 0.479 e. The Labute approximate surface area is 118 Å². The highest BCUT2D eigenvalue weighted by molar-refractivity contribution is 5.78. The Morgan fingerprint density at radius 2 is 1.95 bits per heavy atom. The maximum Gasteiger partial charge on any atom is 0.416 e. The Morgan fingerprint density at radius 3 is 2.52 bits per heavy atom. The van der Waals surface area contributed by atoms with Gasteiger partial charge in [-0.3, -0.25) is 4.79 Å². The van der Waals surface area contributed by atoms with Crippen LogP contribution in [0.25, 0.3) is 0 Å². The van der Waals surface area contributed by atoms with Crippen LogP contribution in [0.1, 0.15) is 17.5 Å². The minimum absolute atomic E-state index is 0.0781. The summed E-state index contributed by atoms with van der Waals surface area (Å²) < 4.78 is 37.5. The van der Waals surface area contributed by atoms with Gasteiger partial charge in [0.05, 0.1) is 12.0 Å². The molecule has 0 aliphatic heterocycles. The predicted molar refractivity (Wildman–Crippen MR) is 66.4 cm³/mol. The van der Waals surface area contributed by atoms with Gasteiger partial charge in [0, 0.05) is 13.0 Å². The number of alkyl halides is 3. The van der Waals surface area contributed by atoms with E-state index in [0.29, 0.717) is 0 Å². The molecule has 0 radical (unpaired) electrons. The first-order valence-electron chi connectivity index (χ1n) is 6.04. The second-order valence-electron chi connectivity index (χ2n) is 4.37. The highest BCUT2D eigenvalue weighted by Crippen LogP contribution is 2.29. The van der Waals surface area contributed by atoms with Crippen molar-refractivity contribution < 1.29 is 33.0 Å². The fourth-order valence-electron chi connectivity index (χ4n) is 1.58. The monoisotopic (exact) mass is 305 g/mol. The third kappa shape index (κ3) is 5.82. The first kappa shape index (κ1) is 17.0. The van der Waals surface area contributed by atoms with Crippen molar-refractivity contribution in [1.29, 1.82) is 0 Å². The summed E-state index contributed by atoms with van der Waals surface area (Å²) >= 11 is 0. The third-order valence-electron chi connectivity index (χ3n) is 2.64. The summed E-state index contributed by atoms with van der Waals surface area (Å²) in [6.45, 7) is -0.0781. The van der Waals surface area contributed by atoms with E-state index < -0.39 is 29.7 Å². The molecule has 1 atom stereocenters. The second-order valence-corrected chi connectivity index (χ2v) is 4.37. The Bertz CT molecular complexity index is 516. The van der Waals surface area contributed by atoms with Crippen molar-refractivity contribution in [3.63, 3.8) is 0 Å². The number of carboxylic acid groups (broad SMARTS) is 1. The molecule has 3 N–H and O–H groups in total. The Hall–Kier alpha value is -2.09. The fourth-order valence-corrected chi connectivity index (χ4v) is 1.58. The molecule has 1 aromatic carbocycles. The van der Waals surface area contributed by atoms with Crippen LogP contribution in [0.4, 0.5) is 13.2 Å². The van der Waals surface area contributed by atoms with E-state index in [0.717, 1.165) is 12.1 Å². The topological polar surface area (TPSA) is 86.6 Å². The van der Waals surface area contributed by atoms with Gasteiger partial charge in [-0.15, -0.1) is 0 Å². The summed E-state index contributed by atoms with van der Waals surface area (Å²) in [6.07, 6.45) is -6.49. The molecule has 8 heteroatoms. The molecule has 0 aliphatic carbocycles. The van der Waals surface area contributed by atoms with Gasteiger partial charge in [0.25, 0.3) is 0 Å². The lowest BCUT2D eigenvalue weighted by Gasteiger charge is -2.10.